The van der Waals surface area contributed by atoms with E-state index in [1.807, 2.05) is 0 Å². The van der Waals surface area contributed by atoms with Crippen LogP contribution in [0.5, 0.6) is 0 Å². The van der Waals surface area contributed by atoms with Gasteiger partial charge in [-0.2, -0.15) is 0 Å². The first-order valence-electron chi connectivity index (χ1n) is 6.52. The fourth-order valence-corrected chi connectivity index (χ4v) is 3.68. The molecule has 0 saturated heterocycles. The molecule has 0 atom stereocenters. The molecule has 0 aliphatic heterocycles. The van der Waals surface area contributed by atoms with Crippen LogP contribution in [0.15, 0.2) is 0 Å². The van der Waals surface area contributed by atoms with Gasteiger partial charge in [0.05, 0.1) is 11.7 Å². The molecule has 2 aliphatic rings. The van der Waals surface area contributed by atoms with Gasteiger partial charge >= 0.3 is 0 Å². The Hall–Kier alpha value is 0.690. The monoisotopic (exact) mass is 322 g/mol. The minimum Gasteiger partial charge on any atom is -0.371 e. The fraction of sp³-hybridized carbons (Fsp3) is 1.00. The smallest absolute Gasteiger partial charge is 0.0775 e. The highest BCUT2D eigenvalue weighted by atomic mass is 127. The normalized spacial score (nSPS) is 37.6. The van der Waals surface area contributed by atoms with Crippen LogP contribution in [0, 0.1) is 5.92 Å². The van der Waals surface area contributed by atoms with Crippen LogP contribution >= 0.6 is 22.6 Å². The summed E-state index contributed by atoms with van der Waals surface area (Å²) in [4.78, 5) is 0. The van der Waals surface area contributed by atoms with Crippen molar-refractivity contribution >= 4 is 22.6 Å². The highest BCUT2D eigenvalue weighted by Crippen LogP contribution is 2.40. The number of alkyl halides is 1. The molecule has 2 fully saturated rings. The maximum absolute atomic E-state index is 6.35. The Labute approximate surface area is 107 Å². The first kappa shape index (κ1) is 12.2. The average molecular weight is 322 g/mol. The Morgan fingerprint density at radius 2 is 1.87 bits per heavy atom. The fourth-order valence-electron chi connectivity index (χ4n) is 2.74. The predicted octanol–water partition coefficient (Wildman–Crippen LogP) is 4.33. The van der Waals surface area contributed by atoms with Crippen LogP contribution in [-0.2, 0) is 4.74 Å². The van der Waals surface area contributed by atoms with Gasteiger partial charge in [0.15, 0.2) is 0 Å². The Morgan fingerprint density at radius 3 is 2.27 bits per heavy atom. The van der Waals surface area contributed by atoms with Crippen molar-refractivity contribution in [2.75, 3.05) is 4.43 Å². The van der Waals surface area contributed by atoms with E-state index < -0.39 is 0 Å². The van der Waals surface area contributed by atoms with E-state index in [0.717, 1.165) is 5.92 Å². The zero-order chi connectivity index (χ0) is 10.7. The molecule has 0 amide bonds. The van der Waals surface area contributed by atoms with Gasteiger partial charge in [0.1, 0.15) is 0 Å². The second-order valence-corrected chi connectivity index (χ2v) is 6.10. The first-order valence-corrected chi connectivity index (χ1v) is 8.04. The molecule has 0 aromatic carbocycles. The van der Waals surface area contributed by atoms with Crippen molar-refractivity contribution in [3.8, 4) is 0 Å². The molecular weight excluding hydrogens is 299 g/mol. The molecule has 88 valence electrons. The molecule has 0 spiro atoms. The molecule has 2 saturated carbocycles. The van der Waals surface area contributed by atoms with Gasteiger partial charge < -0.3 is 4.74 Å². The standard InChI is InChI=1S/C13H23IO/c1-2-11-6-8-13(10-14,9-7-11)15-12-4-3-5-12/h11-12H,2-10H2,1H3. The van der Waals surface area contributed by atoms with Gasteiger partial charge in [0, 0.05) is 4.43 Å². The summed E-state index contributed by atoms with van der Waals surface area (Å²) in [5, 5.41) is 0. The molecule has 0 bridgehead atoms. The molecule has 0 radical (unpaired) electrons. The number of hydrogen-bond acceptors (Lipinski definition) is 1. The molecule has 0 unspecified atom stereocenters. The second kappa shape index (κ2) is 5.35. The van der Waals surface area contributed by atoms with Crippen molar-refractivity contribution in [1.29, 1.82) is 0 Å². The van der Waals surface area contributed by atoms with Crippen molar-refractivity contribution < 1.29 is 4.74 Å². The molecule has 0 aromatic heterocycles. The summed E-state index contributed by atoms with van der Waals surface area (Å²) in [6.07, 6.45) is 11.4. The van der Waals surface area contributed by atoms with Crippen molar-refractivity contribution in [3.05, 3.63) is 0 Å². The van der Waals surface area contributed by atoms with Crippen LogP contribution in [-0.4, -0.2) is 16.1 Å². The van der Waals surface area contributed by atoms with E-state index in [2.05, 4.69) is 29.5 Å². The van der Waals surface area contributed by atoms with Crippen molar-refractivity contribution in [1.82, 2.24) is 0 Å². The Balaban J connectivity index is 1.85. The van der Waals surface area contributed by atoms with Crippen LogP contribution in [0.25, 0.3) is 0 Å². The minimum absolute atomic E-state index is 0.261. The van der Waals surface area contributed by atoms with E-state index >= 15 is 0 Å². The lowest BCUT2D eigenvalue weighted by Crippen LogP contribution is -2.43. The molecule has 2 rings (SSSR count). The van der Waals surface area contributed by atoms with E-state index in [-0.39, 0.29) is 5.60 Å². The lowest BCUT2D eigenvalue weighted by Gasteiger charge is -2.43. The third-order valence-corrected chi connectivity index (χ3v) is 5.70. The van der Waals surface area contributed by atoms with E-state index in [9.17, 15) is 0 Å². The van der Waals surface area contributed by atoms with Crippen LogP contribution in [0.1, 0.15) is 58.3 Å². The van der Waals surface area contributed by atoms with Gasteiger partial charge in [0.2, 0.25) is 0 Å². The quantitative estimate of drug-likeness (QED) is 0.553. The molecule has 1 nitrogen and oxygen atoms in total. The molecule has 0 heterocycles. The number of ether oxygens (including phenoxy) is 1. The van der Waals surface area contributed by atoms with Crippen LogP contribution in [0.4, 0.5) is 0 Å². The van der Waals surface area contributed by atoms with E-state index in [1.54, 1.807) is 0 Å². The van der Waals surface area contributed by atoms with Gasteiger partial charge in [-0.3, -0.25) is 0 Å². The van der Waals surface area contributed by atoms with E-state index in [0.29, 0.717) is 6.10 Å². The molecular formula is C13H23IO. The van der Waals surface area contributed by atoms with E-state index in [1.165, 1.54) is 55.8 Å². The summed E-state index contributed by atoms with van der Waals surface area (Å²) >= 11 is 2.53. The zero-order valence-corrected chi connectivity index (χ0v) is 12.0. The largest absolute Gasteiger partial charge is 0.371 e. The number of hydrogen-bond donors (Lipinski definition) is 0. The Morgan fingerprint density at radius 1 is 1.20 bits per heavy atom. The summed E-state index contributed by atoms with van der Waals surface area (Å²) in [5.41, 5.74) is 0.261. The summed E-state index contributed by atoms with van der Waals surface area (Å²) in [7, 11) is 0. The summed E-state index contributed by atoms with van der Waals surface area (Å²) < 4.78 is 7.54. The summed E-state index contributed by atoms with van der Waals surface area (Å²) in [6.45, 7) is 2.33. The highest BCUT2D eigenvalue weighted by molar-refractivity contribution is 14.1. The Bertz CT molecular complexity index is 193. The van der Waals surface area contributed by atoms with Crippen LogP contribution in [0.3, 0.4) is 0 Å². The SMILES string of the molecule is CCC1CCC(CI)(OC2CCC2)CC1. The number of halogens is 1. The number of rotatable bonds is 4. The van der Waals surface area contributed by atoms with Crippen molar-refractivity contribution in [2.24, 2.45) is 5.92 Å². The second-order valence-electron chi connectivity index (χ2n) is 5.34. The highest BCUT2D eigenvalue weighted by Gasteiger charge is 2.38. The molecule has 0 N–H and O–H groups in total. The van der Waals surface area contributed by atoms with Crippen molar-refractivity contribution in [2.45, 2.75) is 70.0 Å². The maximum Gasteiger partial charge on any atom is 0.0775 e. The van der Waals surface area contributed by atoms with Gasteiger partial charge in [-0.25, -0.2) is 0 Å². The molecule has 2 aliphatic carbocycles. The molecule has 0 aromatic rings. The third-order valence-electron chi connectivity index (χ3n) is 4.31. The maximum atomic E-state index is 6.35. The van der Waals surface area contributed by atoms with E-state index in [4.69, 9.17) is 4.74 Å². The van der Waals surface area contributed by atoms with Gasteiger partial charge in [-0.1, -0.05) is 35.9 Å². The Kier molecular flexibility index (Phi) is 4.33. The van der Waals surface area contributed by atoms with Crippen LogP contribution < -0.4 is 0 Å². The zero-order valence-electron chi connectivity index (χ0n) is 9.80. The van der Waals surface area contributed by atoms with Crippen molar-refractivity contribution in [3.63, 3.8) is 0 Å². The van der Waals surface area contributed by atoms with Gasteiger partial charge in [-0.05, 0) is 50.9 Å². The molecule has 15 heavy (non-hydrogen) atoms. The third kappa shape index (κ3) is 2.87. The predicted molar refractivity (Wildman–Crippen MR) is 72.6 cm³/mol. The van der Waals surface area contributed by atoms with Crippen LogP contribution in [0.2, 0.25) is 0 Å². The lowest BCUT2D eigenvalue weighted by molar-refractivity contribution is -0.128. The summed E-state index contributed by atoms with van der Waals surface area (Å²) in [6, 6.07) is 0. The summed E-state index contributed by atoms with van der Waals surface area (Å²) in [5.74, 6) is 0.978. The average Bonchev–Trinajstić information content (AvgIpc) is 2.24. The van der Waals surface area contributed by atoms with Gasteiger partial charge in [-0.15, -0.1) is 0 Å². The topological polar surface area (TPSA) is 9.23 Å². The first-order chi connectivity index (χ1) is 7.28. The van der Waals surface area contributed by atoms with Gasteiger partial charge in [0.25, 0.3) is 0 Å². The lowest BCUT2D eigenvalue weighted by atomic mass is 9.78. The minimum atomic E-state index is 0.261. The molecule has 2 heteroatoms.